The Kier molecular flexibility index (Phi) is 8.50. The minimum atomic E-state index is -1.50. The molecule has 2 rings (SSSR count). The van der Waals surface area contributed by atoms with Crippen LogP contribution in [-0.4, -0.2) is 57.5 Å². The van der Waals surface area contributed by atoms with Gasteiger partial charge in [-0.25, -0.2) is 19.2 Å². The highest BCUT2D eigenvalue weighted by Gasteiger charge is 2.23. The van der Waals surface area contributed by atoms with E-state index in [4.69, 9.17) is 20.1 Å². The molecule has 0 spiro atoms. The zero-order valence-corrected chi connectivity index (χ0v) is 15.7. The SMILES string of the molecule is CCOCC.O=C(O)c1ccc(-c2cccc(C(=O)O)c2C(=O)O)cc1C(=O)O. The monoisotopic (exact) mass is 404 g/mol. The van der Waals surface area contributed by atoms with Crippen molar-refractivity contribution >= 4 is 23.9 Å². The van der Waals surface area contributed by atoms with E-state index in [-0.39, 0.29) is 11.1 Å². The van der Waals surface area contributed by atoms with Crippen molar-refractivity contribution in [3.05, 3.63) is 58.7 Å². The standard InChI is InChI=1S/C16H10O8.C4H10O/c17-13(18)9-5-4-7(6-11(9)15(21)22)8-2-1-3-10(14(19)20)12(8)16(23)24;1-3-5-4-2/h1-6H,(H,17,18)(H,19,20)(H,21,22)(H,23,24);3-4H2,1-2H3. The minimum absolute atomic E-state index is 0.0261. The molecular weight excluding hydrogens is 384 g/mol. The van der Waals surface area contributed by atoms with Crippen LogP contribution in [0.3, 0.4) is 0 Å². The predicted octanol–water partition coefficient (Wildman–Crippen LogP) is 3.19. The van der Waals surface area contributed by atoms with Crippen LogP contribution >= 0.6 is 0 Å². The van der Waals surface area contributed by atoms with Crippen LogP contribution in [-0.2, 0) is 4.74 Å². The Bertz CT molecular complexity index is 930. The highest BCUT2D eigenvalue weighted by Crippen LogP contribution is 2.28. The molecule has 0 amide bonds. The molecule has 0 fully saturated rings. The Morgan fingerprint density at radius 2 is 1.28 bits per heavy atom. The summed E-state index contributed by atoms with van der Waals surface area (Å²) in [5.74, 6) is -5.89. The van der Waals surface area contributed by atoms with Crippen LogP contribution in [0.15, 0.2) is 36.4 Å². The molecule has 0 aromatic heterocycles. The first-order valence-electron chi connectivity index (χ1n) is 8.43. The molecule has 154 valence electrons. The smallest absolute Gasteiger partial charge is 0.337 e. The van der Waals surface area contributed by atoms with Crippen LogP contribution < -0.4 is 0 Å². The van der Waals surface area contributed by atoms with Crippen LogP contribution in [0.2, 0.25) is 0 Å². The van der Waals surface area contributed by atoms with Crippen LogP contribution in [0.1, 0.15) is 55.3 Å². The van der Waals surface area contributed by atoms with Crippen LogP contribution in [0, 0.1) is 0 Å². The van der Waals surface area contributed by atoms with Crippen molar-refractivity contribution in [2.45, 2.75) is 13.8 Å². The van der Waals surface area contributed by atoms with Crippen LogP contribution in [0.25, 0.3) is 11.1 Å². The topological polar surface area (TPSA) is 158 Å². The molecule has 9 nitrogen and oxygen atoms in total. The molecule has 29 heavy (non-hydrogen) atoms. The summed E-state index contributed by atoms with van der Waals surface area (Å²) in [6.07, 6.45) is 0. The average Bonchev–Trinajstić information content (AvgIpc) is 2.67. The molecule has 0 aliphatic carbocycles. The van der Waals surface area contributed by atoms with E-state index in [9.17, 15) is 24.3 Å². The summed E-state index contributed by atoms with van der Waals surface area (Å²) in [7, 11) is 0. The molecule has 2 aromatic rings. The van der Waals surface area contributed by atoms with E-state index in [1.807, 2.05) is 13.8 Å². The van der Waals surface area contributed by atoms with Crippen molar-refractivity contribution in [3.63, 3.8) is 0 Å². The normalized spacial score (nSPS) is 9.86. The lowest BCUT2D eigenvalue weighted by molar-refractivity contribution is 0.0651. The maximum absolute atomic E-state index is 11.4. The molecule has 0 bridgehead atoms. The van der Waals surface area contributed by atoms with Crippen molar-refractivity contribution in [3.8, 4) is 11.1 Å². The number of hydrogen-bond acceptors (Lipinski definition) is 5. The van der Waals surface area contributed by atoms with E-state index in [0.717, 1.165) is 31.4 Å². The summed E-state index contributed by atoms with van der Waals surface area (Å²) < 4.78 is 4.83. The van der Waals surface area contributed by atoms with E-state index < -0.39 is 46.1 Å². The molecule has 0 unspecified atom stereocenters. The zero-order valence-electron chi connectivity index (χ0n) is 15.7. The van der Waals surface area contributed by atoms with Gasteiger partial charge in [-0.2, -0.15) is 0 Å². The number of benzene rings is 2. The summed E-state index contributed by atoms with van der Waals surface area (Å²) >= 11 is 0. The lowest BCUT2D eigenvalue weighted by Gasteiger charge is -2.11. The van der Waals surface area contributed by atoms with Gasteiger partial charge in [0.05, 0.1) is 22.3 Å². The summed E-state index contributed by atoms with van der Waals surface area (Å²) in [5, 5.41) is 36.5. The summed E-state index contributed by atoms with van der Waals surface area (Å²) in [4.78, 5) is 44.9. The minimum Gasteiger partial charge on any atom is -0.478 e. The molecule has 0 saturated heterocycles. The highest BCUT2D eigenvalue weighted by atomic mass is 16.5. The molecule has 2 aromatic carbocycles. The zero-order chi connectivity index (χ0) is 22.1. The van der Waals surface area contributed by atoms with Gasteiger partial charge < -0.3 is 25.2 Å². The molecule has 0 aliphatic rings. The lowest BCUT2D eigenvalue weighted by atomic mass is 9.93. The third-order valence-electron chi connectivity index (χ3n) is 3.71. The van der Waals surface area contributed by atoms with Gasteiger partial charge in [-0.3, -0.25) is 0 Å². The largest absolute Gasteiger partial charge is 0.478 e. The van der Waals surface area contributed by atoms with Crippen molar-refractivity contribution in [1.29, 1.82) is 0 Å². The average molecular weight is 404 g/mol. The third kappa shape index (κ3) is 5.88. The molecule has 4 N–H and O–H groups in total. The number of ether oxygens (including phenoxy) is 1. The van der Waals surface area contributed by atoms with Gasteiger partial charge in [-0.05, 0) is 43.2 Å². The van der Waals surface area contributed by atoms with Gasteiger partial charge in [0.2, 0.25) is 0 Å². The fraction of sp³-hybridized carbons (Fsp3) is 0.200. The number of carbonyl (C=O) groups is 4. The first kappa shape index (κ1) is 23.3. The summed E-state index contributed by atoms with van der Waals surface area (Å²) in [5.41, 5.74) is -1.90. The second kappa shape index (κ2) is 10.6. The Hall–Kier alpha value is -3.72. The van der Waals surface area contributed by atoms with Crippen molar-refractivity contribution in [2.75, 3.05) is 13.2 Å². The number of carboxylic acids is 4. The van der Waals surface area contributed by atoms with E-state index in [2.05, 4.69) is 0 Å². The molecule has 0 heterocycles. The van der Waals surface area contributed by atoms with Crippen LogP contribution in [0.5, 0.6) is 0 Å². The van der Waals surface area contributed by atoms with Gasteiger partial charge in [-0.15, -0.1) is 0 Å². The maximum atomic E-state index is 11.4. The first-order valence-corrected chi connectivity index (χ1v) is 8.43. The number of rotatable bonds is 7. The number of hydrogen-bond donors (Lipinski definition) is 4. The summed E-state index contributed by atoms with van der Waals surface area (Å²) in [6, 6.07) is 7.00. The van der Waals surface area contributed by atoms with E-state index in [1.165, 1.54) is 18.2 Å². The molecule has 0 aliphatic heterocycles. The third-order valence-corrected chi connectivity index (χ3v) is 3.71. The molecular formula is C20H20O9. The van der Waals surface area contributed by atoms with Crippen molar-refractivity contribution < 1.29 is 44.3 Å². The Morgan fingerprint density at radius 3 is 1.69 bits per heavy atom. The van der Waals surface area contributed by atoms with E-state index in [0.29, 0.717) is 0 Å². The first-order chi connectivity index (χ1) is 13.6. The summed E-state index contributed by atoms with van der Waals surface area (Å²) in [6.45, 7) is 5.67. The highest BCUT2D eigenvalue weighted by molar-refractivity contribution is 6.08. The Morgan fingerprint density at radius 1 is 0.724 bits per heavy atom. The Labute approximate surface area is 165 Å². The molecule has 0 atom stereocenters. The fourth-order valence-electron chi connectivity index (χ4n) is 2.48. The van der Waals surface area contributed by atoms with Gasteiger partial charge in [0, 0.05) is 13.2 Å². The van der Waals surface area contributed by atoms with Gasteiger partial charge in [0.25, 0.3) is 0 Å². The van der Waals surface area contributed by atoms with Crippen molar-refractivity contribution in [2.24, 2.45) is 0 Å². The van der Waals surface area contributed by atoms with Crippen molar-refractivity contribution in [1.82, 2.24) is 0 Å². The second-order valence-corrected chi connectivity index (χ2v) is 5.49. The van der Waals surface area contributed by atoms with Gasteiger partial charge >= 0.3 is 23.9 Å². The van der Waals surface area contributed by atoms with Gasteiger partial charge in [0.15, 0.2) is 0 Å². The number of aromatic carboxylic acids is 4. The second-order valence-electron chi connectivity index (χ2n) is 5.49. The maximum Gasteiger partial charge on any atom is 0.337 e. The number of carboxylic acid groups (broad SMARTS) is 4. The van der Waals surface area contributed by atoms with Gasteiger partial charge in [0.1, 0.15) is 0 Å². The molecule has 0 radical (unpaired) electrons. The van der Waals surface area contributed by atoms with E-state index in [1.54, 1.807) is 0 Å². The Balaban J connectivity index is 0.000000749. The molecule has 0 saturated carbocycles. The predicted molar refractivity (Wildman–Crippen MR) is 102 cm³/mol. The lowest BCUT2D eigenvalue weighted by Crippen LogP contribution is -2.11. The quantitative estimate of drug-likeness (QED) is 0.543. The fourth-order valence-corrected chi connectivity index (χ4v) is 2.48. The van der Waals surface area contributed by atoms with Gasteiger partial charge in [-0.1, -0.05) is 18.2 Å². The molecule has 9 heteroatoms. The van der Waals surface area contributed by atoms with Crippen LogP contribution in [0.4, 0.5) is 0 Å². The van der Waals surface area contributed by atoms with E-state index >= 15 is 0 Å².